The molecule has 0 saturated carbocycles. The summed E-state index contributed by atoms with van der Waals surface area (Å²) in [6.45, 7) is 1.82. The molecule has 0 aliphatic heterocycles. The molecular weight excluding hydrogens is 205 g/mol. The van der Waals surface area contributed by atoms with Gasteiger partial charge in [-0.3, -0.25) is 4.79 Å². The molecule has 15 heavy (non-hydrogen) atoms. The van der Waals surface area contributed by atoms with E-state index in [1.165, 1.54) is 12.1 Å². The molecule has 0 saturated heterocycles. The lowest BCUT2D eigenvalue weighted by Crippen LogP contribution is -2.12. The topological polar surface area (TPSA) is 69.4 Å². The van der Waals surface area contributed by atoms with Crippen molar-refractivity contribution >= 4 is 5.97 Å². The quantitative estimate of drug-likeness (QED) is 0.566. The second-order valence-corrected chi connectivity index (χ2v) is 2.77. The average molecular weight is 213 g/mol. The standard InChI is InChI=1S/C9H8FNO4/c1-2-6-3-4-8(10)7(5-6)9(12)15-11(13)14/h3-5H,2H2,1H3. The summed E-state index contributed by atoms with van der Waals surface area (Å²) in [5, 5.41) is 8.63. The molecule has 0 atom stereocenters. The second kappa shape index (κ2) is 4.50. The first-order valence-corrected chi connectivity index (χ1v) is 4.19. The Morgan fingerprint density at radius 2 is 2.27 bits per heavy atom. The van der Waals surface area contributed by atoms with E-state index < -0.39 is 22.4 Å². The summed E-state index contributed by atoms with van der Waals surface area (Å²) < 4.78 is 13.1. The number of halogens is 1. The number of carbonyl (C=O) groups excluding carboxylic acids is 1. The third-order valence-electron chi connectivity index (χ3n) is 1.82. The Bertz CT molecular complexity index is 405. The summed E-state index contributed by atoms with van der Waals surface area (Å²) >= 11 is 0. The SMILES string of the molecule is CCc1ccc(F)c(C(=O)O[N+](=O)[O-])c1. The molecule has 0 fully saturated rings. The highest BCUT2D eigenvalue weighted by molar-refractivity contribution is 5.89. The van der Waals surface area contributed by atoms with Gasteiger partial charge in [-0.1, -0.05) is 13.0 Å². The molecule has 6 heteroatoms. The first-order chi connectivity index (χ1) is 7.04. The monoisotopic (exact) mass is 213 g/mol. The van der Waals surface area contributed by atoms with Gasteiger partial charge >= 0.3 is 11.1 Å². The van der Waals surface area contributed by atoms with Crippen LogP contribution < -0.4 is 0 Å². The van der Waals surface area contributed by atoms with E-state index in [1.54, 1.807) is 0 Å². The number of hydrogen-bond donors (Lipinski definition) is 0. The van der Waals surface area contributed by atoms with Crippen LogP contribution >= 0.6 is 0 Å². The van der Waals surface area contributed by atoms with Crippen molar-refractivity contribution in [3.63, 3.8) is 0 Å². The maximum Gasteiger partial charge on any atom is 0.337 e. The molecule has 0 aromatic heterocycles. The highest BCUT2D eigenvalue weighted by atomic mass is 19.1. The van der Waals surface area contributed by atoms with E-state index in [0.29, 0.717) is 12.0 Å². The minimum absolute atomic E-state index is 0.425. The number of hydrogen-bond acceptors (Lipinski definition) is 4. The molecule has 0 heterocycles. The van der Waals surface area contributed by atoms with E-state index in [9.17, 15) is 19.3 Å². The van der Waals surface area contributed by atoms with Crippen molar-refractivity contribution in [1.29, 1.82) is 0 Å². The Labute approximate surface area is 84.6 Å². The summed E-state index contributed by atoms with van der Waals surface area (Å²) in [7, 11) is 0. The fraction of sp³-hybridized carbons (Fsp3) is 0.222. The van der Waals surface area contributed by atoms with Gasteiger partial charge in [0.25, 0.3) is 0 Å². The lowest BCUT2D eigenvalue weighted by Gasteiger charge is -2.02. The van der Waals surface area contributed by atoms with Crippen molar-refractivity contribution in [2.45, 2.75) is 13.3 Å². The molecule has 1 aromatic carbocycles. The van der Waals surface area contributed by atoms with Gasteiger partial charge in [0.1, 0.15) is 5.82 Å². The molecule has 0 aliphatic carbocycles. The zero-order valence-corrected chi connectivity index (χ0v) is 7.90. The largest absolute Gasteiger partial charge is 0.337 e. The number of benzene rings is 1. The number of nitrogens with zero attached hydrogens (tertiary/aromatic N) is 1. The number of aryl methyl sites for hydroxylation is 1. The van der Waals surface area contributed by atoms with E-state index >= 15 is 0 Å². The van der Waals surface area contributed by atoms with Crippen molar-refractivity contribution in [2.75, 3.05) is 0 Å². The highest BCUT2D eigenvalue weighted by Gasteiger charge is 2.15. The van der Waals surface area contributed by atoms with E-state index in [-0.39, 0.29) is 0 Å². The van der Waals surface area contributed by atoms with Gasteiger partial charge < -0.3 is 0 Å². The summed E-state index contributed by atoms with van der Waals surface area (Å²) in [5.41, 5.74) is 0.276. The molecule has 0 N–H and O–H groups in total. The summed E-state index contributed by atoms with van der Waals surface area (Å²) in [5.74, 6) is -2.13. The molecule has 0 amide bonds. The Morgan fingerprint density at radius 3 is 2.80 bits per heavy atom. The predicted octanol–water partition coefficient (Wildman–Crippen LogP) is 1.74. The van der Waals surface area contributed by atoms with Crippen LogP contribution in [0.3, 0.4) is 0 Å². The van der Waals surface area contributed by atoms with Crippen molar-refractivity contribution in [3.05, 3.63) is 45.3 Å². The molecule has 1 rings (SSSR count). The van der Waals surface area contributed by atoms with Gasteiger partial charge in [0, 0.05) is 0 Å². The Hall–Kier alpha value is -1.98. The summed E-state index contributed by atoms with van der Waals surface area (Å²) in [6.07, 6.45) is 0.596. The van der Waals surface area contributed by atoms with Gasteiger partial charge in [0.15, 0.2) is 0 Å². The molecular formula is C9H8FNO4. The van der Waals surface area contributed by atoms with Gasteiger partial charge in [-0.15, -0.1) is 10.1 Å². The predicted molar refractivity (Wildman–Crippen MR) is 48.2 cm³/mol. The third-order valence-corrected chi connectivity index (χ3v) is 1.82. The molecule has 1 aromatic rings. The molecule has 0 unspecified atom stereocenters. The fourth-order valence-electron chi connectivity index (χ4n) is 1.07. The van der Waals surface area contributed by atoms with E-state index in [4.69, 9.17) is 0 Å². The van der Waals surface area contributed by atoms with Crippen LogP contribution in [0.15, 0.2) is 18.2 Å². The van der Waals surface area contributed by atoms with E-state index in [1.807, 2.05) is 6.92 Å². The number of rotatable bonds is 3. The summed E-state index contributed by atoms with van der Waals surface area (Å²) in [4.78, 5) is 24.6. The Morgan fingerprint density at radius 1 is 1.60 bits per heavy atom. The van der Waals surface area contributed by atoms with Gasteiger partial charge in [-0.05, 0) is 24.1 Å². The Balaban J connectivity index is 3.01. The van der Waals surface area contributed by atoms with Gasteiger partial charge in [0.2, 0.25) is 0 Å². The first-order valence-electron chi connectivity index (χ1n) is 4.19. The first kappa shape index (κ1) is 11.1. The zero-order valence-electron chi connectivity index (χ0n) is 7.90. The Kier molecular flexibility index (Phi) is 3.33. The maximum absolute atomic E-state index is 13.1. The summed E-state index contributed by atoms with van der Waals surface area (Å²) in [6, 6.07) is 3.81. The van der Waals surface area contributed by atoms with Crippen molar-refractivity contribution in [1.82, 2.24) is 0 Å². The molecule has 0 aliphatic rings. The third kappa shape index (κ3) is 2.73. The smallest absolute Gasteiger partial charge is 0.262 e. The van der Waals surface area contributed by atoms with E-state index in [2.05, 4.69) is 4.84 Å². The molecule has 80 valence electrons. The van der Waals surface area contributed by atoms with Crippen LogP contribution in [-0.4, -0.2) is 11.1 Å². The van der Waals surface area contributed by atoms with Crippen LogP contribution in [0, 0.1) is 15.9 Å². The van der Waals surface area contributed by atoms with E-state index in [0.717, 1.165) is 6.07 Å². The number of carbonyl (C=O) groups is 1. The van der Waals surface area contributed by atoms with Crippen LogP contribution in [0.25, 0.3) is 0 Å². The molecule has 0 bridgehead atoms. The minimum atomic E-state index is -1.30. The van der Waals surface area contributed by atoms with Gasteiger partial charge in [-0.25, -0.2) is 9.23 Å². The van der Waals surface area contributed by atoms with Crippen LogP contribution in [0.4, 0.5) is 4.39 Å². The van der Waals surface area contributed by atoms with Crippen LogP contribution in [0.5, 0.6) is 0 Å². The maximum atomic E-state index is 13.1. The molecule has 5 nitrogen and oxygen atoms in total. The average Bonchev–Trinajstić information content (AvgIpc) is 2.17. The highest BCUT2D eigenvalue weighted by Crippen LogP contribution is 2.12. The second-order valence-electron chi connectivity index (χ2n) is 2.77. The molecule has 0 radical (unpaired) electrons. The van der Waals surface area contributed by atoms with Gasteiger partial charge in [-0.2, -0.15) is 0 Å². The van der Waals surface area contributed by atoms with Gasteiger partial charge in [0.05, 0.1) is 5.56 Å². The van der Waals surface area contributed by atoms with Crippen molar-refractivity contribution in [3.8, 4) is 0 Å². The van der Waals surface area contributed by atoms with Crippen LogP contribution in [0.1, 0.15) is 22.8 Å². The van der Waals surface area contributed by atoms with Crippen LogP contribution in [-0.2, 0) is 11.3 Å². The fourth-order valence-corrected chi connectivity index (χ4v) is 1.07. The lowest BCUT2D eigenvalue weighted by molar-refractivity contribution is -0.727. The normalized spacial score (nSPS) is 9.73. The minimum Gasteiger partial charge on any atom is -0.262 e. The molecule has 0 spiro atoms. The van der Waals surface area contributed by atoms with Crippen molar-refractivity contribution in [2.24, 2.45) is 0 Å². The van der Waals surface area contributed by atoms with Crippen molar-refractivity contribution < 1.29 is 19.1 Å². The lowest BCUT2D eigenvalue weighted by atomic mass is 10.1. The van der Waals surface area contributed by atoms with Crippen LogP contribution in [0.2, 0.25) is 0 Å². The zero-order chi connectivity index (χ0) is 11.4.